The second-order valence-corrected chi connectivity index (χ2v) is 5.21. The van der Waals surface area contributed by atoms with Crippen molar-refractivity contribution in [3.05, 3.63) is 24.2 Å². The van der Waals surface area contributed by atoms with E-state index in [1.54, 1.807) is 19.3 Å². The predicted molar refractivity (Wildman–Crippen MR) is 63.1 cm³/mol. The molecule has 0 spiro atoms. The molecular formula is C13H21NO2. The van der Waals surface area contributed by atoms with Gasteiger partial charge in [-0.1, -0.05) is 12.8 Å². The highest BCUT2D eigenvalue weighted by molar-refractivity contribution is 5.08. The topological polar surface area (TPSA) is 45.4 Å². The zero-order valence-corrected chi connectivity index (χ0v) is 10.1. The quantitative estimate of drug-likeness (QED) is 0.777. The first kappa shape index (κ1) is 11.7. The highest BCUT2D eigenvalue weighted by Gasteiger charge is 2.28. The minimum absolute atomic E-state index is 0.467. The van der Waals surface area contributed by atoms with E-state index in [1.807, 2.05) is 6.07 Å². The summed E-state index contributed by atoms with van der Waals surface area (Å²) in [5.41, 5.74) is -0.915. The maximum Gasteiger partial charge on any atom is 0.136 e. The fourth-order valence-corrected chi connectivity index (χ4v) is 1.98. The summed E-state index contributed by atoms with van der Waals surface area (Å²) in [6, 6.07) is 4.08. The van der Waals surface area contributed by atoms with Crippen molar-refractivity contribution in [1.29, 1.82) is 0 Å². The van der Waals surface area contributed by atoms with Gasteiger partial charge in [0.2, 0.25) is 0 Å². The summed E-state index contributed by atoms with van der Waals surface area (Å²) >= 11 is 0. The number of hydrogen-bond acceptors (Lipinski definition) is 3. The third-order valence-electron chi connectivity index (χ3n) is 3.23. The Balaban J connectivity index is 1.79. The van der Waals surface area contributed by atoms with E-state index in [-0.39, 0.29) is 0 Å². The van der Waals surface area contributed by atoms with Crippen LogP contribution in [0.3, 0.4) is 0 Å². The number of rotatable bonds is 6. The first-order valence-electron chi connectivity index (χ1n) is 6.07. The maximum atomic E-state index is 10.2. The van der Waals surface area contributed by atoms with Gasteiger partial charge in [0, 0.05) is 12.6 Å². The van der Waals surface area contributed by atoms with Crippen molar-refractivity contribution < 1.29 is 9.52 Å². The van der Waals surface area contributed by atoms with Crippen LogP contribution in [0.15, 0.2) is 22.8 Å². The van der Waals surface area contributed by atoms with Crippen LogP contribution in [0.1, 0.15) is 38.9 Å². The molecule has 2 rings (SSSR count). The standard InChI is InChI=1S/C13H21NO2/c1-10(8-11-5-6-11)14-9-13(2,15)12-4-3-7-16-12/h3-4,7,10-11,14-15H,5-6,8-9H2,1-2H3. The zero-order valence-electron chi connectivity index (χ0n) is 10.1. The van der Waals surface area contributed by atoms with Gasteiger partial charge in [0.25, 0.3) is 0 Å². The van der Waals surface area contributed by atoms with Gasteiger partial charge in [0.15, 0.2) is 0 Å². The highest BCUT2D eigenvalue weighted by Crippen LogP contribution is 2.33. The molecule has 0 amide bonds. The molecule has 0 radical (unpaired) electrons. The number of furan rings is 1. The Labute approximate surface area is 96.8 Å². The normalized spacial score (nSPS) is 21.7. The molecule has 1 aliphatic carbocycles. The van der Waals surface area contributed by atoms with E-state index < -0.39 is 5.60 Å². The summed E-state index contributed by atoms with van der Waals surface area (Å²) in [4.78, 5) is 0. The van der Waals surface area contributed by atoms with Gasteiger partial charge in [-0.3, -0.25) is 0 Å². The second-order valence-electron chi connectivity index (χ2n) is 5.21. The van der Waals surface area contributed by atoms with E-state index in [1.165, 1.54) is 19.3 Å². The zero-order chi connectivity index (χ0) is 11.6. The van der Waals surface area contributed by atoms with Crippen molar-refractivity contribution in [2.75, 3.05) is 6.54 Å². The number of nitrogens with one attached hydrogen (secondary N) is 1. The van der Waals surface area contributed by atoms with Gasteiger partial charge in [-0.25, -0.2) is 0 Å². The van der Waals surface area contributed by atoms with Gasteiger partial charge >= 0.3 is 0 Å². The van der Waals surface area contributed by atoms with Crippen LogP contribution in [0.4, 0.5) is 0 Å². The molecule has 1 aromatic heterocycles. The minimum atomic E-state index is -0.915. The maximum absolute atomic E-state index is 10.2. The molecule has 2 N–H and O–H groups in total. The fraction of sp³-hybridized carbons (Fsp3) is 0.692. The Kier molecular flexibility index (Phi) is 3.36. The van der Waals surface area contributed by atoms with E-state index in [4.69, 9.17) is 4.42 Å². The first-order chi connectivity index (χ1) is 7.58. The van der Waals surface area contributed by atoms with E-state index in [9.17, 15) is 5.11 Å². The Morgan fingerprint density at radius 1 is 1.62 bits per heavy atom. The molecule has 0 bridgehead atoms. The summed E-state index contributed by atoms with van der Waals surface area (Å²) in [6.07, 6.45) is 5.56. The average Bonchev–Trinajstić information content (AvgIpc) is 2.86. The summed E-state index contributed by atoms with van der Waals surface area (Å²) in [5.74, 6) is 1.54. The lowest BCUT2D eigenvalue weighted by Gasteiger charge is -2.24. The van der Waals surface area contributed by atoms with Crippen LogP contribution in [-0.2, 0) is 5.60 Å². The predicted octanol–water partition coefficient (Wildman–Crippen LogP) is 2.27. The lowest BCUT2D eigenvalue weighted by atomic mass is 10.0. The van der Waals surface area contributed by atoms with Gasteiger partial charge in [0.05, 0.1) is 6.26 Å². The van der Waals surface area contributed by atoms with Gasteiger partial charge in [-0.05, 0) is 38.3 Å². The molecule has 2 unspecified atom stereocenters. The minimum Gasteiger partial charge on any atom is -0.466 e. The van der Waals surface area contributed by atoms with Gasteiger partial charge in [-0.15, -0.1) is 0 Å². The molecule has 1 aromatic rings. The Morgan fingerprint density at radius 3 is 2.94 bits per heavy atom. The van der Waals surface area contributed by atoms with Crippen LogP contribution in [0.5, 0.6) is 0 Å². The van der Waals surface area contributed by atoms with Crippen molar-refractivity contribution in [1.82, 2.24) is 5.32 Å². The van der Waals surface area contributed by atoms with E-state index in [0.717, 1.165) is 5.92 Å². The summed E-state index contributed by atoms with van der Waals surface area (Å²) in [7, 11) is 0. The largest absolute Gasteiger partial charge is 0.466 e. The molecule has 0 aromatic carbocycles. The molecule has 1 heterocycles. The Morgan fingerprint density at radius 2 is 2.38 bits per heavy atom. The molecule has 16 heavy (non-hydrogen) atoms. The molecule has 0 saturated heterocycles. The molecular weight excluding hydrogens is 202 g/mol. The summed E-state index contributed by atoms with van der Waals surface area (Å²) in [6.45, 7) is 4.49. The summed E-state index contributed by atoms with van der Waals surface area (Å²) < 4.78 is 5.23. The lowest BCUT2D eigenvalue weighted by molar-refractivity contribution is 0.0317. The molecule has 2 atom stereocenters. The van der Waals surface area contributed by atoms with Crippen LogP contribution in [0.2, 0.25) is 0 Å². The fourth-order valence-electron chi connectivity index (χ4n) is 1.98. The Bertz CT molecular complexity index is 315. The van der Waals surface area contributed by atoms with Crippen molar-refractivity contribution in [2.24, 2.45) is 5.92 Å². The monoisotopic (exact) mass is 223 g/mol. The molecule has 3 heteroatoms. The smallest absolute Gasteiger partial charge is 0.136 e. The third-order valence-corrected chi connectivity index (χ3v) is 3.23. The average molecular weight is 223 g/mol. The third kappa shape index (κ3) is 3.09. The van der Waals surface area contributed by atoms with Crippen LogP contribution in [0.25, 0.3) is 0 Å². The highest BCUT2D eigenvalue weighted by atomic mass is 16.4. The number of aliphatic hydroxyl groups is 1. The van der Waals surface area contributed by atoms with E-state index in [2.05, 4.69) is 12.2 Å². The lowest BCUT2D eigenvalue weighted by Crippen LogP contribution is -2.39. The second kappa shape index (κ2) is 4.60. The first-order valence-corrected chi connectivity index (χ1v) is 6.07. The van der Waals surface area contributed by atoms with Crippen LogP contribution >= 0.6 is 0 Å². The van der Waals surface area contributed by atoms with Crippen molar-refractivity contribution in [3.8, 4) is 0 Å². The molecule has 0 aliphatic heterocycles. The van der Waals surface area contributed by atoms with Gasteiger partial charge in [0.1, 0.15) is 11.4 Å². The molecule has 90 valence electrons. The van der Waals surface area contributed by atoms with Crippen molar-refractivity contribution in [3.63, 3.8) is 0 Å². The van der Waals surface area contributed by atoms with Gasteiger partial charge < -0.3 is 14.8 Å². The van der Waals surface area contributed by atoms with Crippen LogP contribution in [-0.4, -0.2) is 17.7 Å². The molecule has 1 fully saturated rings. The van der Waals surface area contributed by atoms with Gasteiger partial charge in [-0.2, -0.15) is 0 Å². The Hall–Kier alpha value is -0.800. The van der Waals surface area contributed by atoms with Crippen LogP contribution < -0.4 is 5.32 Å². The van der Waals surface area contributed by atoms with Crippen molar-refractivity contribution in [2.45, 2.75) is 44.8 Å². The number of hydrogen-bond donors (Lipinski definition) is 2. The SMILES string of the molecule is CC(CC1CC1)NCC(C)(O)c1ccco1. The molecule has 3 nitrogen and oxygen atoms in total. The molecule has 1 aliphatic rings. The van der Waals surface area contributed by atoms with E-state index in [0.29, 0.717) is 18.3 Å². The van der Waals surface area contributed by atoms with E-state index >= 15 is 0 Å². The summed E-state index contributed by atoms with van der Waals surface area (Å²) in [5, 5.41) is 13.6. The van der Waals surface area contributed by atoms with Crippen LogP contribution in [0, 0.1) is 5.92 Å². The molecule has 1 saturated carbocycles. The van der Waals surface area contributed by atoms with Crippen molar-refractivity contribution >= 4 is 0 Å².